The van der Waals surface area contributed by atoms with Crippen LogP contribution in [0.5, 0.6) is 0 Å². The third kappa shape index (κ3) is 4.71. The molecule has 0 atom stereocenters. The van der Waals surface area contributed by atoms with Crippen molar-refractivity contribution in [3.05, 3.63) is 194 Å². The van der Waals surface area contributed by atoms with Crippen molar-refractivity contribution in [3.63, 3.8) is 0 Å². The Bertz CT molecular complexity index is 3160. The van der Waals surface area contributed by atoms with Gasteiger partial charge in [0.25, 0.3) is 0 Å². The summed E-state index contributed by atoms with van der Waals surface area (Å²) in [6, 6.07) is 70.7. The molecule has 10 aromatic carbocycles. The Morgan fingerprint density at radius 1 is 0.245 bits per heavy atom. The molecule has 0 amide bonds. The van der Waals surface area contributed by atoms with Crippen molar-refractivity contribution >= 4 is 65.0 Å². The second-order valence-corrected chi connectivity index (χ2v) is 14.0. The Balaban J connectivity index is 1.06. The van der Waals surface area contributed by atoms with E-state index >= 15 is 0 Å². The van der Waals surface area contributed by atoms with Gasteiger partial charge in [0, 0.05) is 10.8 Å². The van der Waals surface area contributed by atoms with E-state index in [1.165, 1.54) is 87.6 Å². The van der Waals surface area contributed by atoms with Crippen molar-refractivity contribution in [1.82, 2.24) is 0 Å². The molecule has 11 rings (SSSR count). The van der Waals surface area contributed by atoms with Gasteiger partial charge in [-0.2, -0.15) is 0 Å². The van der Waals surface area contributed by atoms with Crippen LogP contribution in [0.4, 0.5) is 0 Å². The Morgan fingerprint density at radius 2 is 0.774 bits per heavy atom. The van der Waals surface area contributed by atoms with E-state index in [4.69, 9.17) is 4.42 Å². The van der Waals surface area contributed by atoms with Crippen LogP contribution in [0.1, 0.15) is 0 Å². The molecule has 1 heteroatoms. The maximum absolute atomic E-state index is 6.14. The maximum Gasteiger partial charge on any atom is 0.135 e. The first-order valence-corrected chi connectivity index (χ1v) is 18.3. The predicted molar refractivity (Wildman–Crippen MR) is 225 cm³/mol. The van der Waals surface area contributed by atoms with E-state index < -0.39 is 0 Å². The summed E-state index contributed by atoms with van der Waals surface area (Å²) in [4.78, 5) is 0. The van der Waals surface area contributed by atoms with Crippen molar-refractivity contribution in [3.8, 4) is 44.5 Å². The van der Waals surface area contributed by atoms with E-state index in [1.807, 2.05) is 12.1 Å². The normalized spacial score (nSPS) is 11.8. The molecule has 0 aliphatic rings. The average Bonchev–Trinajstić information content (AvgIpc) is 3.61. The van der Waals surface area contributed by atoms with E-state index in [1.54, 1.807) is 0 Å². The highest BCUT2D eigenvalue weighted by Crippen LogP contribution is 2.45. The van der Waals surface area contributed by atoms with Crippen LogP contribution in [-0.2, 0) is 0 Å². The average molecular weight is 673 g/mol. The molecule has 0 saturated carbocycles. The number of hydrogen-bond donors (Lipinski definition) is 0. The number of furan rings is 1. The summed E-state index contributed by atoms with van der Waals surface area (Å²) < 4.78 is 6.14. The summed E-state index contributed by atoms with van der Waals surface area (Å²) in [6.45, 7) is 0. The fourth-order valence-electron chi connectivity index (χ4n) is 8.62. The summed E-state index contributed by atoms with van der Waals surface area (Å²) in [5.74, 6) is 0. The number of para-hydroxylation sites is 1. The standard InChI is InChI=1S/C52H32O/c1-2-14-39-33(11-1)27-29-42-40(20-10-21-41(39)42)34-23-25-35(26-24-34)51-44-16-3-5-18-46(44)52(47-19-6-4-17-45(47)51)38-13-9-12-36(31-38)37-28-30-50-48(32-37)43-15-7-8-22-49(43)53-50/h1-32H. The highest BCUT2D eigenvalue weighted by atomic mass is 16.3. The monoisotopic (exact) mass is 672 g/mol. The van der Waals surface area contributed by atoms with E-state index in [0.717, 1.165) is 21.9 Å². The van der Waals surface area contributed by atoms with Crippen molar-refractivity contribution < 1.29 is 4.42 Å². The van der Waals surface area contributed by atoms with Gasteiger partial charge in [0.1, 0.15) is 11.2 Å². The quantitative estimate of drug-likeness (QED) is 0.134. The number of rotatable bonds is 4. The second kappa shape index (κ2) is 11.8. The summed E-state index contributed by atoms with van der Waals surface area (Å²) in [7, 11) is 0. The first kappa shape index (κ1) is 29.7. The molecule has 0 aliphatic carbocycles. The van der Waals surface area contributed by atoms with E-state index in [-0.39, 0.29) is 0 Å². The molecule has 0 N–H and O–H groups in total. The summed E-state index contributed by atoms with van der Waals surface area (Å²) in [6.07, 6.45) is 0. The van der Waals surface area contributed by atoms with Crippen molar-refractivity contribution in [2.75, 3.05) is 0 Å². The molecule has 0 aliphatic heterocycles. The van der Waals surface area contributed by atoms with Crippen LogP contribution in [-0.4, -0.2) is 0 Å². The Hall–Kier alpha value is -6.96. The van der Waals surface area contributed by atoms with Crippen LogP contribution in [0.3, 0.4) is 0 Å². The molecular weight excluding hydrogens is 641 g/mol. The molecule has 0 radical (unpaired) electrons. The molecule has 246 valence electrons. The molecule has 0 saturated heterocycles. The van der Waals surface area contributed by atoms with Crippen molar-refractivity contribution in [2.24, 2.45) is 0 Å². The van der Waals surface area contributed by atoms with Crippen LogP contribution in [0.25, 0.3) is 110 Å². The Morgan fingerprint density at radius 3 is 1.53 bits per heavy atom. The minimum atomic E-state index is 0.914. The third-order valence-electron chi connectivity index (χ3n) is 11.1. The van der Waals surface area contributed by atoms with Crippen molar-refractivity contribution in [2.45, 2.75) is 0 Å². The summed E-state index contributed by atoms with van der Waals surface area (Å²) in [5, 5.41) is 12.4. The molecule has 0 unspecified atom stereocenters. The van der Waals surface area contributed by atoms with Crippen LogP contribution in [0, 0.1) is 0 Å². The van der Waals surface area contributed by atoms with Gasteiger partial charge in [-0.1, -0.05) is 170 Å². The molecule has 11 aromatic rings. The zero-order valence-corrected chi connectivity index (χ0v) is 28.9. The fourth-order valence-corrected chi connectivity index (χ4v) is 8.62. The molecule has 0 bridgehead atoms. The molecule has 1 nitrogen and oxygen atoms in total. The molecular formula is C52H32O. The van der Waals surface area contributed by atoms with Gasteiger partial charge in [0.05, 0.1) is 0 Å². The van der Waals surface area contributed by atoms with Crippen LogP contribution in [0.2, 0.25) is 0 Å². The van der Waals surface area contributed by atoms with Gasteiger partial charge in [-0.05, 0) is 112 Å². The largest absolute Gasteiger partial charge is 0.456 e. The topological polar surface area (TPSA) is 13.1 Å². The number of fused-ring (bicyclic) bond motifs is 8. The summed E-state index contributed by atoms with van der Waals surface area (Å²) >= 11 is 0. The van der Waals surface area contributed by atoms with Gasteiger partial charge in [0.2, 0.25) is 0 Å². The second-order valence-electron chi connectivity index (χ2n) is 14.0. The highest BCUT2D eigenvalue weighted by Gasteiger charge is 2.18. The van der Waals surface area contributed by atoms with Gasteiger partial charge in [-0.15, -0.1) is 0 Å². The van der Waals surface area contributed by atoms with Gasteiger partial charge in [0.15, 0.2) is 0 Å². The lowest BCUT2D eigenvalue weighted by Gasteiger charge is -2.18. The lowest BCUT2D eigenvalue weighted by molar-refractivity contribution is 0.669. The first-order chi connectivity index (χ1) is 26.3. The minimum Gasteiger partial charge on any atom is -0.456 e. The van der Waals surface area contributed by atoms with E-state index in [2.05, 4.69) is 182 Å². The van der Waals surface area contributed by atoms with Gasteiger partial charge >= 0.3 is 0 Å². The fraction of sp³-hybridized carbons (Fsp3) is 0. The molecule has 1 heterocycles. The van der Waals surface area contributed by atoms with E-state index in [0.29, 0.717) is 0 Å². The predicted octanol–water partition coefficient (Wildman–Crippen LogP) is 14.9. The van der Waals surface area contributed by atoms with Gasteiger partial charge in [-0.25, -0.2) is 0 Å². The zero-order valence-electron chi connectivity index (χ0n) is 28.9. The highest BCUT2D eigenvalue weighted by molar-refractivity contribution is 6.21. The van der Waals surface area contributed by atoms with Crippen molar-refractivity contribution in [1.29, 1.82) is 0 Å². The maximum atomic E-state index is 6.14. The van der Waals surface area contributed by atoms with Gasteiger partial charge in [-0.3, -0.25) is 0 Å². The minimum absolute atomic E-state index is 0.914. The lowest BCUT2D eigenvalue weighted by atomic mass is 9.85. The molecule has 53 heavy (non-hydrogen) atoms. The number of hydrogen-bond acceptors (Lipinski definition) is 1. The number of benzene rings is 10. The first-order valence-electron chi connectivity index (χ1n) is 18.3. The SMILES string of the molecule is c1cc(-c2ccc3oc4ccccc4c3c2)cc(-c2c3ccccc3c(-c3ccc(-c4cccc5c4ccc4ccccc45)cc3)c3ccccc23)c1. The van der Waals surface area contributed by atoms with Crippen LogP contribution < -0.4 is 0 Å². The smallest absolute Gasteiger partial charge is 0.135 e. The Kier molecular flexibility index (Phi) is 6.62. The van der Waals surface area contributed by atoms with Crippen LogP contribution >= 0.6 is 0 Å². The molecule has 1 aromatic heterocycles. The van der Waals surface area contributed by atoms with Crippen LogP contribution in [0.15, 0.2) is 199 Å². The third-order valence-corrected chi connectivity index (χ3v) is 11.1. The zero-order chi connectivity index (χ0) is 34.9. The van der Waals surface area contributed by atoms with Gasteiger partial charge < -0.3 is 4.42 Å². The molecule has 0 fully saturated rings. The molecule has 0 spiro atoms. The Labute approximate surface area is 307 Å². The summed E-state index contributed by atoms with van der Waals surface area (Å²) in [5.41, 5.74) is 11.6. The lowest BCUT2D eigenvalue weighted by Crippen LogP contribution is -1.91. The van der Waals surface area contributed by atoms with E-state index in [9.17, 15) is 0 Å².